The van der Waals surface area contributed by atoms with Gasteiger partial charge in [0.2, 0.25) is 10.0 Å². The molecule has 23 heavy (non-hydrogen) atoms. The molecule has 130 valence electrons. The lowest BCUT2D eigenvalue weighted by Gasteiger charge is -2.22. The zero-order valence-electron chi connectivity index (χ0n) is 14.5. The molecule has 1 amide bonds. The van der Waals surface area contributed by atoms with Gasteiger partial charge in [0.25, 0.3) is 5.91 Å². The summed E-state index contributed by atoms with van der Waals surface area (Å²) in [4.78, 5) is 14.5. The molecule has 6 nitrogen and oxygen atoms in total. The summed E-state index contributed by atoms with van der Waals surface area (Å²) in [5.74, 6) is 0.179. The number of nitrogens with zero attached hydrogens (tertiary/aromatic N) is 3. The van der Waals surface area contributed by atoms with Gasteiger partial charge in [0, 0.05) is 44.6 Å². The molecule has 1 saturated heterocycles. The second kappa shape index (κ2) is 7.05. The summed E-state index contributed by atoms with van der Waals surface area (Å²) < 4.78 is 27.9. The quantitative estimate of drug-likeness (QED) is 0.834. The summed E-state index contributed by atoms with van der Waals surface area (Å²) in [7, 11) is -1.24. The molecule has 0 unspecified atom stereocenters. The molecule has 2 heterocycles. The number of amides is 1. The van der Waals surface area contributed by atoms with Crippen LogP contribution in [0.15, 0.2) is 6.07 Å². The van der Waals surface area contributed by atoms with E-state index in [-0.39, 0.29) is 11.7 Å². The summed E-state index contributed by atoms with van der Waals surface area (Å²) >= 11 is 0. The molecule has 0 spiro atoms. The smallest absolute Gasteiger partial charge is 0.255 e. The normalized spacial score (nSPS) is 17.3. The van der Waals surface area contributed by atoms with Gasteiger partial charge in [0.1, 0.15) is 0 Å². The van der Waals surface area contributed by atoms with Crippen LogP contribution in [0.3, 0.4) is 0 Å². The van der Waals surface area contributed by atoms with Gasteiger partial charge in [-0.2, -0.15) is 0 Å². The van der Waals surface area contributed by atoms with E-state index in [4.69, 9.17) is 0 Å². The molecule has 1 aromatic rings. The Labute approximate surface area is 139 Å². The van der Waals surface area contributed by atoms with Crippen molar-refractivity contribution in [2.24, 2.45) is 7.05 Å². The standard InChI is InChI=1S/C16H27N3O3S/c1-5-11-23(21,22)19-8-6-7-18(9-10-19)16(20)15-12-13(2)17(4)14(15)3/h12H,5-11H2,1-4H3. The van der Waals surface area contributed by atoms with Crippen molar-refractivity contribution >= 4 is 15.9 Å². The van der Waals surface area contributed by atoms with Crippen molar-refractivity contribution in [3.63, 3.8) is 0 Å². The fourth-order valence-electron chi connectivity index (χ4n) is 3.00. The fourth-order valence-corrected chi connectivity index (χ4v) is 4.55. The zero-order valence-corrected chi connectivity index (χ0v) is 15.3. The van der Waals surface area contributed by atoms with Crippen LogP contribution >= 0.6 is 0 Å². The molecule has 1 aromatic heterocycles. The number of rotatable bonds is 4. The van der Waals surface area contributed by atoms with Crippen molar-refractivity contribution < 1.29 is 13.2 Å². The molecule has 7 heteroatoms. The first-order valence-electron chi connectivity index (χ1n) is 8.18. The number of aryl methyl sites for hydroxylation is 1. The number of sulfonamides is 1. The molecule has 0 atom stereocenters. The lowest BCUT2D eigenvalue weighted by atomic mass is 10.2. The molecule has 1 fully saturated rings. The van der Waals surface area contributed by atoms with Crippen LogP contribution in [0.1, 0.15) is 41.5 Å². The Balaban J connectivity index is 2.11. The molecular formula is C16H27N3O3S. The molecule has 0 radical (unpaired) electrons. The van der Waals surface area contributed by atoms with E-state index < -0.39 is 10.0 Å². The lowest BCUT2D eigenvalue weighted by Crippen LogP contribution is -2.38. The average molecular weight is 341 g/mol. The summed E-state index contributed by atoms with van der Waals surface area (Å²) in [6.45, 7) is 7.73. The van der Waals surface area contributed by atoms with Crippen molar-refractivity contribution in [1.82, 2.24) is 13.8 Å². The van der Waals surface area contributed by atoms with Gasteiger partial charge in [-0.3, -0.25) is 4.79 Å². The predicted octanol–water partition coefficient (Wildman–Crippen LogP) is 1.53. The molecule has 0 aromatic carbocycles. The maximum absolute atomic E-state index is 12.8. The summed E-state index contributed by atoms with van der Waals surface area (Å²) in [5, 5.41) is 0. The minimum absolute atomic E-state index is 0.000870. The van der Waals surface area contributed by atoms with Gasteiger partial charge in [0.05, 0.1) is 11.3 Å². The van der Waals surface area contributed by atoms with Crippen LogP contribution in [0.5, 0.6) is 0 Å². The van der Waals surface area contributed by atoms with E-state index in [2.05, 4.69) is 0 Å². The summed E-state index contributed by atoms with van der Waals surface area (Å²) in [5.41, 5.74) is 2.72. The van der Waals surface area contributed by atoms with E-state index in [1.165, 1.54) is 4.31 Å². The molecule has 1 aliphatic heterocycles. The Hall–Kier alpha value is -1.34. The topological polar surface area (TPSA) is 62.6 Å². The monoisotopic (exact) mass is 341 g/mol. The number of hydrogen-bond donors (Lipinski definition) is 0. The van der Waals surface area contributed by atoms with Gasteiger partial charge in [-0.05, 0) is 32.8 Å². The molecule has 0 saturated carbocycles. The van der Waals surface area contributed by atoms with Gasteiger partial charge in [-0.1, -0.05) is 6.92 Å². The first-order chi connectivity index (χ1) is 10.8. The summed E-state index contributed by atoms with van der Waals surface area (Å²) in [6.07, 6.45) is 1.30. The molecule has 0 bridgehead atoms. The fraction of sp³-hybridized carbons (Fsp3) is 0.688. The Bertz CT molecular complexity index is 679. The second-order valence-electron chi connectivity index (χ2n) is 6.20. The van der Waals surface area contributed by atoms with Gasteiger partial charge in [-0.15, -0.1) is 0 Å². The van der Waals surface area contributed by atoms with Crippen molar-refractivity contribution in [3.05, 3.63) is 23.0 Å². The molecule has 1 aliphatic rings. The maximum atomic E-state index is 12.8. The SMILES string of the molecule is CCCS(=O)(=O)N1CCCN(C(=O)c2cc(C)n(C)c2C)CC1. The Morgan fingerprint density at radius 3 is 2.43 bits per heavy atom. The summed E-state index contributed by atoms with van der Waals surface area (Å²) in [6, 6.07) is 1.91. The minimum Gasteiger partial charge on any atom is -0.351 e. The second-order valence-corrected chi connectivity index (χ2v) is 8.29. The van der Waals surface area contributed by atoms with Crippen molar-refractivity contribution in [2.75, 3.05) is 31.9 Å². The van der Waals surface area contributed by atoms with Crippen LogP contribution in [0, 0.1) is 13.8 Å². The lowest BCUT2D eigenvalue weighted by molar-refractivity contribution is 0.0763. The third-order valence-electron chi connectivity index (χ3n) is 4.60. The number of carbonyl (C=O) groups excluding carboxylic acids is 1. The Kier molecular flexibility index (Phi) is 5.52. The highest BCUT2D eigenvalue weighted by Crippen LogP contribution is 2.17. The van der Waals surface area contributed by atoms with E-state index in [0.29, 0.717) is 39.0 Å². The molecule has 2 rings (SSSR count). The van der Waals surface area contributed by atoms with Crippen LogP contribution in [0.25, 0.3) is 0 Å². The van der Waals surface area contributed by atoms with Crippen LogP contribution in [-0.2, 0) is 17.1 Å². The van der Waals surface area contributed by atoms with Crippen molar-refractivity contribution in [1.29, 1.82) is 0 Å². The van der Waals surface area contributed by atoms with Gasteiger partial charge in [0.15, 0.2) is 0 Å². The first-order valence-corrected chi connectivity index (χ1v) is 9.79. The molecule has 0 aliphatic carbocycles. The van der Waals surface area contributed by atoms with Crippen molar-refractivity contribution in [3.8, 4) is 0 Å². The van der Waals surface area contributed by atoms with Gasteiger partial charge < -0.3 is 9.47 Å². The molecule has 0 N–H and O–H groups in total. The van der Waals surface area contributed by atoms with E-state index in [1.54, 1.807) is 4.90 Å². The first kappa shape index (κ1) is 18.0. The minimum atomic E-state index is -3.19. The highest BCUT2D eigenvalue weighted by Gasteiger charge is 2.27. The van der Waals surface area contributed by atoms with E-state index in [9.17, 15) is 13.2 Å². The number of aromatic nitrogens is 1. The third kappa shape index (κ3) is 3.77. The Morgan fingerprint density at radius 1 is 1.17 bits per heavy atom. The van der Waals surface area contributed by atoms with Crippen LogP contribution < -0.4 is 0 Å². The molecular weight excluding hydrogens is 314 g/mol. The third-order valence-corrected chi connectivity index (χ3v) is 6.68. The highest BCUT2D eigenvalue weighted by atomic mass is 32.2. The van der Waals surface area contributed by atoms with E-state index >= 15 is 0 Å². The number of carbonyl (C=O) groups is 1. The average Bonchev–Trinajstić information content (AvgIpc) is 2.72. The van der Waals surface area contributed by atoms with E-state index in [0.717, 1.165) is 17.0 Å². The highest BCUT2D eigenvalue weighted by molar-refractivity contribution is 7.89. The van der Waals surface area contributed by atoms with E-state index in [1.807, 2.05) is 38.5 Å². The predicted molar refractivity (Wildman–Crippen MR) is 91.1 cm³/mol. The van der Waals surface area contributed by atoms with Crippen molar-refractivity contribution in [2.45, 2.75) is 33.6 Å². The van der Waals surface area contributed by atoms with Gasteiger partial charge in [-0.25, -0.2) is 12.7 Å². The maximum Gasteiger partial charge on any atom is 0.255 e. The Morgan fingerprint density at radius 2 is 1.87 bits per heavy atom. The largest absolute Gasteiger partial charge is 0.351 e. The van der Waals surface area contributed by atoms with Gasteiger partial charge >= 0.3 is 0 Å². The van der Waals surface area contributed by atoms with Crippen LogP contribution in [-0.4, -0.2) is 60.0 Å². The number of hydrogen-bond acceptors (Lipinski definition) is 3. The zero-order chi connectivity index (χ0) is 17.2. The van der Waals surface area contributed by atoms with Crippen LogP contribution in [0.4, 0.5) is 0 Å². The van der Waals surface area contributed by atoms with Crippen LogP contribution in [0.2, 0.25) is 0 Å².